The highest BCUT2D eigenvalue weighted by Gasteiger charge is 2.44. The largest absolute Gasteiger partial charge is 0.341 e. The van der Waals surface area contributed by atoms with Gasteiger partial charge in [0.05, 0.1) is 0 Å². The van der Waals surface area contributed by atoms with E-state index in [1.807, 2.05) is 11.8 Å². The summed E-state index contributed by atoms with van der Waals surface area (Å²) >= 11 is 0. The zero-order valence-corrected chi connectivity index (χ0v) is 8.42. The van der Waals surface area contributed by atoms with Crippen LogP contribution in [0.4, 0.5) is 0 Å². The monoisotopic (exact) mass is 182 g/mol. The molecule has 1 aliphatic heterocycles. The Labute approximate surface area is 79.3 Å². The third-order valence-electron chi connectivity index (χ3n) is 3.24. The van der Waals surface area contributed by atoms with Gasteiger partial charge in [0.2, 0.25) is 5.91 Å². The normalized spacial score (nSPS) is 43.8. The molecule has 0 aromatic rings. The van der Waals surface area contributed by atoms with Crippen molar-refractivity contribution in [2.24, 2.45) is 17.6 Å². The van der Waals surface area contributed by atoms with Crippen LogP contribution in [0.5, 0.6) is 0 Å². The summed E-state index contributed by atoms with van der Waals surface area (Å²) in [5, 5.41) is 0. The lowest BCUT2D eigenvalue weighted by atomic mass is 10.0. The van der Waals surface area contributed by atoms with Crippen molar-refractivity contribution < 1.29 is 4.79 Å². The maximum atomic E-state index is 11.8. The maximum Gasteiger partial charge on any atom is 0.226 e. The van der Waals surface area contributed by atoms with Gasteiger partial charge in [-0.2, -0.15) is 0 Å². The van der Waals surface area contributed by atoms with Gasteiger partial charge >= 0.3 is 0 Å². The number of likely N-dealkylation sites (tertiary alicyclic amines) is 1. The van der Waals surface area contributed by atoms with Crippen LogP contribution in [-0.2, 0) is 4.79 Å². The molecule has 3 unspecified atom stereocenters. The molecule has 2 rings (SSSR count). The van der Waals surface area contributed by atoms with Crippen LogP contribution in [0.1, 0.15) is 26.7 Å². The van der Waals surface area contributed by atoms with Gasteiger partial charge in [-0.15, -0.1) is 0 Å². The minimum absolute atomic E-state index is 0.145. The molecule has 1 heterocycles. The van der Waals surface area contributed by atoms with Gasteiger partial charge in [-0.3, -0.25) is 4.79 Å². The lowest BCUT2D eigenvalue weighted by Gasteiger charge is -2.19. The van der Waals surface area contributed by atoms with E-state index in [2.05, 4.69) is 6.92 Å². The minimum atomic E-state index is -0.145. The molecule has 0 bridgehead atoms. The molecule has 1 amide bonds. The van der Waals surface area contributed by atoms with Gasteiger partial charge < -0.3 is 10.6 Å². The Balaban J connectivity index is 1.93. The molecule has 0 aromatic heterocycles. The molecule has 0 spiro atoms. The number of carbonyl (C=O) groups excluding carboxylic acids is 1. The van der Waals surface area contributed by atoms with Crippen LogP contribution in [0, 0.1) is 11.8 Å². The van der Waals surface area contributed by atoms with E-state index in [1.165, 1.54) is 0 Å². The van der Waals surface area contributed by atoms with Gasteiger partial charge in [0.1, 0.15) is 0 Å². The Hall–Kier alpha value is -0.570. The van der Waals surface area contributed by atoms with Gasteiger partial charge in [-0.25, -0.2) is 0 Å². The Morgan fingerprint density at radius 2 is 2.23 bits per heavy atom. The van der Waals surface area contributed by atoms with Crippen LogP contribution in [0.25, 0.3) is 0 Å². The molecular formula is C10H18N2O. The van der Waals surface area contributed by atoms with Gasteiger partial charge in [0.25, 0.3) is 0 Å². The predicted octanol–water partition coefficient (Wildman–Crippen LogP) is 0.592. The highest BCUT2D eigenvalue weighted by Crippen LogP contribution is 2.40. The lowest BCUT2D eigenvalue weighted by Crippen LogP contribution is -2.41. The number of nitrogens with two attached hydrogens (primary N) is 1. The molecule has 0 radical (unpaired) electrons. The Kier molecular flexibility index (Phi) is 1.88. The number of rotatable bonds is 1. The fraction of sp³-hybridized carbons (Fsp3) is 0.900. The second kappa shape index (κ2) is 2.71. The van der Waals surface area contributed by atoms with Crippen molar-refractivity contribution in [1.29, 1.82) is 0 Å². The minimum Gasteiger partial charge on any atom is -0.341 e. The molecule has 2 aliphatic rings. The van der Waals surface area contributed by atoms with Crippen molar-refractivity contribution >= 4 is 5.91 Å². The van der Waals surface area contributed by atoms with Gasteiger partial charge in [-0.05, 0) is 25.7 Å². The first-order valence-electron chi connectivity index (χ1n) is 5.07. The number of carbonyl (C=O) groups is 1. The van der Waals surface area contributed by atoms with Crippen LogP contribution >= 0.6 is 0 Å². The van der Waals surface area contributed by atoms with Gasteiger partial charge in [0.15, 0.2) is 0 Å². The number of amides is 1. The van der Waals surface area contributed by atoms with Crippen molar-refractivity contribution in [2.45, 2.75) is 32.2 Å². The summed E-state index contributed by atoms with van der Waals surface area (Å²) in [7, 11) is 0. The van der Waals surface area contributed by atoms with E-state index in [4.69, 9.17) is 5.73 Å². The first kappa shape index (κ1) is 9.00. The van der Waals surface area contributed by atoms with E-state index in [-0.39, 0.29) is 5.54 Å². The van der Waals surface area contributed by atoms with Crippen LogP contribution < -0.4 is 5.73 Å². The van der Waals surface area contributed by atoms with Crippen molar-refractivity contribution in [3.05, 3.63) is 0 Å². The summed E-state index contributed by atoms with van der Waals surface area (Å²) in [5.74, 6) is 1.26. The average Bonchev–Trinajstić information content (AvgIpc) is 2.64. The highest BCUT2D eigenvalue weighted by molar-refractivity contribution is 5.82. The number of nitrogens with zero attached hydrogens (tertiary/aromatic N) is 1. The van der Waals surface area contributed by atoms with E-state index in [0.717, 1.165) is 25.9 Å². The van der Waals surface area contributed by atoms with Crippen LogP contribution in [0.2, 0.25) is 0 Å². The van der Waals surface area contributed by atoms with Crippen molar-refractivity contribution in [3.63, 3.8) is 0 Å². The Morgan fingerprint density at radius 3 is 2.62 bits per heavy atom. The van der Waals surface area contributed by atoms with Crippen molar-refractivity contribution in [1.82, 2.24) is 4.90 Å². The predicted molar refractivity (Wildman–Crippen MR) is 51.1 cm³/mol. The smallest absolute Gasteiger partial charge is 0.226 e. The van der Waals surface area contributed by atoms with Crippen LogP contribution in [0.15, 0.2) is 0 Å². The van der Waals surface area contributed by atoms with E-state index in [0.29, 0.717) is 17.7 Å². The van der Waals surface area contributed by atoms with E-state index >= 15 is 0 Å². The molecule has 3 heteroatoms. The summed E-state index contributed by atoms with van der Waals surface area (Å²) in [6.45, 7) is 5.76. The molecule has 0 aromatic carbocycles. The third kappa shape index (κ3) is 1.70. The van der Waals surface area contributed by atoms with Crippen molar-refractivity contribution in [2.75, 3.05) is 13.1 Å². The molecule has 1 saturated carbocycles. The Morgan fingerprint density at radius 1 is 1.62 bits per heavy atom. The average molecular weight is 182 g/mol. The Bertz CT molecular complexity index is 237. The molecule has 1 saturated heterocycles. The second-order valence-corrected chi connectivity index (χ2v) is 4.98. The topological polar surface area (TPSA) is 46.3 Å². The summed E-state index contributed by atoms with van der Waals surface area (Å²) in [5.41, 5.74) is 5.82. The van der Waals surface area contributed by atoms with Crippen LogP contribution in [-0.4, -0.2) is 29.4 Å². The first-order valence-corrected chi connectivity index (χ1v) is 5.07. The zero-order valence-electron chi connectivity index (χ0n) is 8.42. The lowest BCUT2D eigenvalue weighted by molar-refractivity contribution is -0.131. The van der Waals surface area contributed by atoms with Gasteiger partial charge in [0, 0.05) is 24.5 Å². The fourth-order valence-corrected chi connectivity index (χ4v) is 2.07. The van der Waals surface area contributed by atoms with E-state index in [1.54, 1.807) is 0 Å². The quantitative estimate of drug-likeness (QED) is 0.645. The molecule has 13 heavy (non-hydrogen) atoms. The number of hydrogen-bond acceptors (Lipinski definition) is 2. The molecule has 3 nitrogen and oxygen atoms in total. The standard InChI is InChI=1S/C10H18N2O/c1-7-5-8(7)9(13)12-4-3-10(2,11)6-12/h7-8H,3-6,11H2,1-2H3. The number of hydrogen-bond donors (Lipinski definition) is 1. The summed E-state index contributed by atoms with van der Waals surface area (Å²) in [6, 6.07) is 0. The van der Waals surface area contributed by atoms with Crippen molar-refractivity contribution in [3.8, 4) is 0 Å². The maximum absolute atomic E-state index is 11.8. The third-order valence-corrected chi connectivity index (χ3v) is 3.24. The van der Waals surface area contributed by atoms with Crippen LogP contribution in [0.3, 0.4) is 0 Å². The zero-order chi connectivity index (χ0) is 9.64. The highest BCUT2D eigenvalue weighted by atomic mass is 16.2. The molecule has 1 aliphatic carbocycles. The van der Waals surface area contributed by atoms with Gasteiger partial charge in [-0.1, -0.05) is 6.92 Å². The second-order valence-electron chi connectivity index (χ2n) is 4.98. The first-order chi connectivity index (χ1) is 5.99. The molecule has 74 valence electrons. The van der Waals surface area contributed by atoms with E-state index in [9.17, 15) is 4.79 Å². The molecule has 2 fully saturated rings. The summed E-state index contributed by atoms with van der Waals surface area (Å²) in [4.78, 5) is 13.7. The van der Waals surface area contributed by atoms with E-state index < -0.39 is 0 Å². The molecule has 2 N–H and O–H groups in total. The summed E-state index contributed by atoms with van der Waals surface area (Å²) in [6.07, 6.45) is 2.02. The SMILES string of the molecule is CC1CC1C(=O)N1CCC(C)(N)C1. The summed E-state index contributed by atoms with van der Waals surface area (Å²) < 4.78 is 0. The molecule has 3 atom stereocenters. The fourth-order valence-electron chi connectivity index (χ4n) is 2.07. The molecular weight excluding hydrogens is 164 g/mol.